The lowest BCUT2D eigenvalue weighted by molar-refractivity contribution is -0.523. The van der Waals surface area contributed by atoms with Crippen LogP contribution in [0.15, 0.2) is 0 Å². The third-order valence-corrected chi connectivity index (χ3v) is 2.90. The fourth-order valence-electron chi connectivity index (χ4n) is 1.68. The van der Waals surface area contributed by atoms with Gasteiger partial charge in [-0.25, -0.2) is 4.79 Å². The molecule has 1 amide bonds. The Morgan fingerprint density at radius 3 is 3.20 bits per heavy atom. The van der Waals surface area contributed by atoms with Crippen molar-refractivity contribution >= 4 is 17.5 Å². The van der Waals surface area contributed by atoms with E-state index in [-0.39, 0.29) is 5.91 Å². The minimum absolute atomic E-state index is 0.111. The first-order valence-corrected chi connectivity index (χ1v) is 5.41. The van der Waals surface area contributed by atoms with Crippen LogP contribution in [0.1, 0.15) is 22.6 Å². The van der Waals surface area contributed by atoms with E-state index in [1.54, 1.807) is 7.05 Å². The second kappa shape index (κ2) is 4.30. The van der Waals surface area contributed by atoms with Crippen LogP contribution in [-0.2, 0) is 13.1 Å². The Bertz CT molecular complexity index is 388. The van der Waals surface area contributed by atoms with Crippen LogP contribution in [0.5, 0.6) is 0 Å². The van der Waals surface area contributed by atoms with E-state index >= 15 is 0 Å². The van der Waals surface area contributed by atoms with Gasteiger partial charge < -0.3 is 5.32 Å². The van der Waals surface area contributed by atoms with Gasteiger partial charge in [0.2, 0.25) is 5.69 Å². The molecule has 0 saturated heterocycles. The number of aryl methyl sites for hydroxylation is 1. The van der Waals surface area contributed by atoms with E-state index in [1.807, 2.05) is 4.68 Å². The van der Waals surface area contributed by atoms with Crippen molar-refractivity contribution in [2.24, 2.45) is 0 Å². The fraction of sp³-hybridized carbons (Fsp3) is 0.556. The molecule has 6 heteroatoms. The summed E-state index contributed by atoms with van der Waals surface area (Å²) in [6, 6.07) is 0. The number of carbonyl (C=O) groups is 1. The molecule has 0 unspecified atom stereocenters. The standard InChI is InChI=1S/C9H13ClN4O/c1-11-9(15)8-7(10)6-5-12-3-2-4-14(6)13-8/h12H,2-5H2,1H3,(H,11,15)/p+1. The fourth-order valence-corrected chi connectivity index (χ4v) is 1.98. The van der Waals surface area contributed by atoms with E-state index in [0.29, 0.717) is 17.3 Å². The van der Waals surface area contributed by atoms with Crippen molar-refractivity contribution in [3.8, 4) is 0 Å². The van der Waals surface area contributed by atoms with Crippen LogP contribution in [0.2, 0.25) is 5.02 Å². The molecule has 2 heterocycles. The minimum atomic E-state index is -0.111. The molecule has 2 rings (SSSR count). The van der Waals surface area contributed by atoms with Gasteiger partial charge in [-0.05, 0) is 13.0 Å². The van der Waals surface area contributed by atoms with Crippen molar-refractivity contribution in [3.63, 3.8) is 0 Å². The van der Waals surface area contributed by atoms with Crippen molar-refractivity contribution in [2.45, 2.75) is 19.5 Å². The summed E-state index contributed by atoms with van der Waals surface area (Å²) in [5.74, 6) is -0.111. The first-order chi connectivity index (χ1) is 7.24. The highest BCUT2D eigenvalue weighted by Gasteiger charge is 2.23. The van der Waals surface area contributed by atoms with Crippen molar-refractivity contribution in [1.82, 2.24) is 15.1 Å². The molecule has 5 nitrogen and oxygen atoms in total. The normalized spacial score (nSPS) is 15.9. The van der Waals surface area contributed by atoms with Crippen LogP contribution >= 0.6 is 11.6 Å². The number of nitrogens with one attached hydrogen (secondary N) is 1. The van der Waals surface area contributed by atoms with Crippen LogP contribution in [-0.4, -0.2) is 29.3 Å². The maximum absolute atomic E-state index is 11.5. The molecule has 0 radical (unpaired) electrons. The quantitative estimate of drug-likeness (QED) is 0.674. The summed E-state index contributed by atoms with van der Waals surface area (Å²) < 4.78 is 1.83. The van der Waals surface area contributed by atoms with Gasteiger partial charge in [0.25, 0.3) is 0 Å². The number of quaternary nitrogens is 1. The average molecular weight is 230 g/mol. The minimum Gasteiger partial charge on any atom is -0.311 e. The maximum atomic E-state index is 11.5. The first kappa shape index (κ1) is 10.6. The molecule has 1 aliphatic rings. The molecule has 0 bridgehead atoms. The van der Waals surface area contributed by atoms with Crippen molar-refractivity contribution < 1.29 is 10.1 Å². The number of hydrogen-bond donors (Lipinski definition) is 2. The van der Waals surface area contributed by atoms with E-state index < -0.39 is 0 Å². The summed E-state index contributed by atoms with van der Waals surface area (Å²) in [6.07, 6.45) is 1.01. The van der Waals surface area contributed by atoms with E-state index in [9.17, 15) is 4.79 Å². The largest absolute Gasteiger partial charge is 0.364 e. The second-order valence-corrected chi connectivity index (χ2v) is 3.89. The molecule has 1 aliphatic heterocycles. The number of halogens is 1. The number of hydrogen-bond acceptors (Lipinski definition) is 3. The van der Waals surface area contributed by atoms with E-state index in [1.165, 1.54) is 5.32 Å². The number of amides is 1. The third-order valence-electron chi connectivity index (χ3n) is 2.51. The molecular formula is C9H14ClN4O+. The Kier molecular flexibility index (Phi) is 3.04. The molecule has 82 valence electrons. The van der Waals surface area contributed by atoms with Crippen LogP contribution < -0.4 is 10.6 Å². The predicted octanol–water partition coefficient (Wildman–Crippen LogP) is -0.637. The molecular weight excluding hydrogens is 216 g/mol. The maximum Gasteiger partial charge on any atom is 0.364 e. The van der Waals surface area contributed by atoms with Gasteiger partial charge >= 0.3 is 5.91 Å². The zero-order chi connectivity index (χ0) is 10.8. The molecule has 0 aromatic carbocycles. The molecule has 0 saturated carbocycles. The van der Waals surface area contributed by atoms with Crippen LogP contribution in [0.4, 0.5) is 0 Å². The van der Waals surface area contributed by atoms with Crippen LogP contribution in [0.3, 0.4) is 0 Å². The monoisotopic (exact) mass is 229 g/mol. The topological polar surface area (TPSA) is 63.5 Å². The Morgan fingerprint density at radius 2 is 2.47 bits per heavy atom. The van der Waals surface area contributed by atoms with E-state index in [4.69, 9.17) is 11.6 Å². The highest BCUT2D eigenvalue weighted by molar-refractivity contribution is 6.33. The highest BCUT2D eigenvalue weighted by Crippen LogP contribution is 2.21. The van der Waals surface area contributed by atoms with Gasteiger partial charge in [0.1, 0.15) is 5.02 Å². The van der Waals surface area contributed by atoms with Crippen LogP contribution in [0.25, 0.3) is 0 Å². The Balaban J connectivity index is 2.40. The summed E-state index contributed by atoms with van der Waals surface area (Å²) in [5, 5.41) is 9.47. The number of aromatic nitrogens is 2. The Hall–Kier alpha value is -0.910. The van der Waals surface area contributed by atoms with Crippen molar-refractivity contribution in [1.29, 1.82) is 0 Å². The molecule has 0 atom stereocenters. The smallest absolute Gasteiger partial charge is 0.311 e. The predicted molar refractivity (Wildman–Crippen MR) is 55.7 cm³/mol. The van der Waals surface area contributed by atoms with Gasteiger partial charge in [-0.15, -0.1) is 0 Å². The second-order valence-electron chi connectivity index (χ2n) is 3.52. The molecule has 15 heavy (non-hydrogen) atoms. The lowest BCUT2D eigenvalue weighted by Crippen LogP contribution is -2.84. The summed E-state index contributed by atoms with van der Waals surface area (Å²) in [4.78, 5) is 11.5. The molecule has 0 fully saturated rings. The number of rotatable bonds is 1. The number of carbonyl (C=O) groups excluding carboxylic acids is 1. The summed E-state index contributed by atoms with van der Waals surface area (Å²) in [5.41, 5.74) is 1.29. The highest BCUT2D eigenvalue weighted by atomic mass is 35.5. The summed E-state index contributed by atoms with van der Waals surface area (Å²) in [7, 11) is 1.70. The van der Waals surface area contributed by atoms with Gasteiger partial charge in [0.15, 0.2) is 0 Å². The number of primary amides is 1. The van der Waals surface area contributed by atoms with E-state index in [0.717, 1.165) is 25.2 Å². The zero-order valence-corrected chi connectivity index (χ0v) is 9.34. The SMILES string of the molecule is C[NH2+]C(=O)c1nn2c(c1Cl)CNCCC2. The van der Waals surface area contributed by atoms with Gasteiger partial charge in [-0.2, -0.15) is 5.10 Å². The molecule has 0 spiro atoms. The lowest BCUT2D eigenvalue weighted by atomic mass is 10.3. The van der Waals surface area contributed by atoms with Gasteiger partial charge in [0.05, 0.1) is 12.7 Å². The summed E-state index contributed by atoms with van der Waals surface area (Å²) >= 11 is 6.12. The van der Waals surface area contributed by atoms with Crippen molar-refractivity contribution in [2.75, 3.05) is 13.6 Å². The van der Waals surface area contributed by atoms with Crippen molar-refractivity contribution in [3.05, 3.63) is 16.4 Å². The Labute approximate surface area is 92.8 Å². The van der Waals surface area contributed by atoms with Gasteiger partial charge in [0, 0.05) is 13.1 Å². The molecule has 1 aromatic heterocycles. The molecule has 1 aromatic rings. The first-order valence-electron chi connectivity index (χ1n) is 5.03. The number of fused-ring (bicyclic) bond motifs is 1. The third kappa shape index (κ3) is 1.90. The Morgan fingerprint density at radius 1 is 1.67 bits per heavy atom. The molecule has 0 aliphatic carbocycles. The van der Waals surface area contributed by atoms with E-state index in [2.05, 4.69) is 10.4 Å². The molecule has 3 N–H and O–H groups in total. The lowest BCUT2D eigenvalue weighted by Gasteiger charge is -1.99. The van der Waals surface area contributed by atoms with Gasteiger partial charge in [-0.1, -0.05) is 11.6 Å². The zero-order valence-electron chi connectivity index (χ0n) is 8.59. The summed E-state index contributed by atoms with van der Waals surface area (Å²) in [6.45, 7) is 2.46. The number of nitrogens with zero attached hydrogens (tertiary/aromatic N) is 2. The average Bonchev–Trinajstić information content (AvgIpc) is 2.44. The van der Waals surface area contributed by atoms with Gasteiger partial charge in [-0.3, -0.25) is 10.00 Å². The van der Waals surface area contributed by atoms with Crippen LogP contribution in [0, 0.1) is 0 Å². The number of nitrogens with two attached hydrogens (primary N) is 1.